The van der Waals surface area contributed by atoms with Crippen LogP contribution in [-0.2, 0) is 4.74 Å². The Labute approximate surface area is 87.8 Å². The fourth-order valence-corrected chi connectivity index (χ4v) is 1.39. The van der Waals surface area contributed by atoms with Gasteiger partial charge in [0.05, 0.1) is 12.8 Å². The third-order valence-corrected chi connectivity index (χ3v) is 2.35. The smallest absolute Gasteiger partial charge is 0.121 e. The van der Waals surface area contributed by atoms with E-state index >= 15 is 0 Å². The lowest BCUT2D eigenvalue weighted by atomic mass is 10.1. The van der Waals surface area contributed by atoms with Gasteiger partial charge in [0.1, 0.15) is 5.76 Å². The van der Waals surface area contributed by atoms with E-state index in [0.29, 0.717) is 5.76 Å². The molecule has 0 atom stereocenters. The second-order valence-corrected chi connectivity index (χ2v) is 3.29. The summed E-state index contributed by atoms with van der Waals surface area (Å²) in [7, 11) is 1.57. The summed E-state index contributed by atoms with van der Waals surface area (Å²) in [5.74, 6) is 0.559. The summed E-state index contributed by atoms with van der Waals surface area (Å²) in [5.41, 5.74) is 1.56. The Balaban J connectivity index is 3.21. The van der Waals surface area contributed by atoms with Crippen LogP contribution in [0.25, 0.3) is 5.76 Å². The molecule has 0 aliphatic heterocycles. The van der Waals surface area contributed by atoms with Crippen molar-refractivity contribution in [2.45, 2.75) is 4.90 Å². The number of nitrogens with two attached hydrogens (primary N) is 1. The molecule has 0 heterocycles. The van der Waals surface area contributed by atoms with Crippen LogP contribution < -0.4 is 5.14 Å². The first kappa shape index (κ1) is 10.8. The highest BCUT2D eigenvalue weighted by molar-refractivity contribution is 7.97. The van der Waals surface area contributed by atoms with Crippen LogP contribution in [0.5, 0.6) is 0 Å². The van der Waals surface area contributed by atoms with Crippen LogP contribution in [-0.4, -0.2) is 13.8 Å². The van der Waals surface area contributed by atoms with E-state index in [4.69, 9.17) is 9.88 Å². The van der Waals surface area contributed by atoms with E-state index in [-0.39, 0.29) is 0 Å². The van der Waals surface area contributed by atoms with Crippen LogP contribution in [0.1, 0.15) is 5.56 Å². The number of aliphatic imine (C=N–C) groups is 1. The van der Waals surface area contributed by atoms with Gasteiger partial charge in [-0.2, -0.15) is 0 Å². The SMILES string of the molecule is C=Nc1ccc(SN)cc1C(=C)OC. The quantitative estimate of drug-likeness (QED) is 0.470. The molecule has 0 spiro atoms. The molecule has 0 aliphatic rings. The van der Waals surface area contributed by atoms with Crippen molar-refractivity contribution in [1.82, 2.24) is 0 Å². The summed E-state index contributed by atoms with van der Waals surface area (Å²) in [5, 5.41) is 5.45. The number of rotatable bonds is 4. The van der Waals surface area contributed by atoms with Gasteiger partial charge in [0, 0.05) is 10.5 Å². The van der Waals surface area contributed by atoms with Gasteiger partial charge in [-0.3, -0.25) is 10.1 Å². The van der Waals surface area contributed by atoms with Crippen LogP contribution in [0, 0.1) is 0 Å². The average molecular weight is 208 g/mol. The zero-order valence-corrected chi connectivity index (χ0v) is 8.80. The highest BCUT2D eigenvalue weighted by Crippen LogP contribution is 2.29. The normalized spacial score (nSPS) is 9.57. The van der Waals surface area contributed by atoms with Gasteiger partial charge in [0.25, 0.3) is 0 Å². The van der Waals surface area contributed by atoms with Gasteiger partial charge in [0.15, 0.2) is 0 Å². The van der Waals surface area contributed by atoms with Gasteiger partial charge < -0.3 is 4.74 Å². The van der Waals surface area contributed by atoms with Crippen molar-refractivity contribution in [2.75, 3.05) is 7.11 Å². The van der Waals surface area contributed by atoms with E-state index in [1.165, 1.54) is 11.9 Å². The van der Waals surface area contributed by atoms with Gasteiger partial charge in [0.2, 0.25) is 0 Å². The Hall–Kier alpha value is -1.26. The van der Waals surface area contributed by atoms with Crippen molar-refractivity contribution in [3.05, 3.63) is 30.3 Å². The Bertz CT molecular complexity index is 363. The largest absolute Gasteiger partial charge is 0.497 e. The van der Waals surface area contributed by atoms with Gasteiger partial charge in [-0.15, -0.1) is 0 Å². The molecule has 1 aromatic carbocycles. The first-order chi connectivity index (χ1) is 6.72. The van der Waals surface area contributed by atoms with Crippen LogP contribution >= 0.6 is 11.9 Å². The first-order valence-electron chi connectivity index (χ1n) is 3.93. The molecule has 2 N–H and O–H groups in total. The first-order valence-corrected chi connectivity index (χ1v) is 4.81. The maximum absolute atomic E-state index is 5.45. The van der Waals surface area contributed by atoms with Gasteiger partial charge >= 0.3 is 0 Å². The zero-order valence-electron chi connectivity index (χ0n) is 7.99. The summed E-state index contributed by atoms with van der Waals surface area (Å²) in [6.07, 6.45) is 0. The van der Waals surface area contributed by atoms with Gasteiger partial charge in [-0.05, 0) is 36.9 Å². The zero-order chi connectivity index (χ0) is 10.6. The lowest BCUT2D eigenvalue weighted by molar-refractivity contribution is 0.371. The Morgan fingerprint density at radius 1 is 1.57 bits per heavy atom. The highest BCUT2D eigenvalue weighted by atomic mass is 32.2. The summed E-state index contributed by atoms with van der Waals surface area (Å²) in [6.45, 7) is 7.25. The minimum Gasteiger partial charge on any atom is -0.497 e. The molecule has 1 aromatic rings. The van der Waals surface area contributed by atoms with Gasteiger partial charge in [-0.25, -0.2) is 0 Å². The van der Waals surface area contributed by atoms with E-state index in [0.717, 1.165) is 16.1 Å². The lowest BCUT2D eigenvalue weighted by Gasteiger charge is -2.08. The Kier molecular flexibility index (Phi) is 3.73. The molecule has 0 aromatic heterocycles. The number of hydrogen-bond donors (Lipinski definition) is 1. The topological polar surface area (TPSA) is 47.6 Å². The maximum atomic E-state index is 5.45. The summed E-state index contributed by atoms with van der Waals surface area (Å²) >= 11 is 1.17. The summed E-state index contributed by atoms with van der Waals surface area (Å²) in [4.78, 5) is 4.81. The number of methoxy groups -OCH3 is 1. The van der Waals surface area contributed by atoms with Crippen molar-refractivity contribution in [1.29, 1.82) is 0 Å². The number of hydrogen-bond acceptors (Lipinski definition) is 4. The minimum atomic E-state index is 0.559. The molecule has 0 radical (unpaired) electrons. The highest BCUT2D eigenvalue weighted by Gasteiger charge is 2.06. The Morgan fingerprint density at radius 3 is 2.79 bits per heavy atom. The molecule has 1 rings (SSSR count). The summed E-state index contributed by atoms with van der Waals surface area (Å²) < 4.78 is 5.05. The predicted molar refractivity (Wildman–Crippen MR) is 61.7 cm³/mol. The molecule has 0 amide bonds. The molecule has 14 heavy (non-hydrogen) atoms. The second kappa shape index (κ2) is 4.83. The minimum absolute atomic E-state index is 0.559. The van der Waals surface area contributed by atoms with Crippen molar-refractivity contribution < 1.29 is 4.74 Å². The molecule has 4 heteroatoms. The molecule has 0 bridgehead atoms. The van der Waals surface area contributed by atoms with Crippen LogP contribution in [0.2, 0.25) is 0 Å². The number of benzene rings is 1. The maximum Gasteiger partial charge on any atom is 0.121 e. The molecule has 74 valence electrons. The molecule has 3 nitrogen and oxygen atoms in total. The van der Waals surface area contributed by atoms with E-state index in [1.807, 2.05) is 18.2 Å². The van der Waals surface area contributed by atoms with Crippen LogP contribution in [0.4, 0.5) is 5.69 Å². The summed E-state index contributed by atoms with van der Waals surface area (Å²) in [6, 6.07) is 5.59. The van der Waals surface area contributed by atoms with E-state index in [9.17, 15) is 0 Å². The third-order valence-electron chi connectivity index (χ3n) is 1.82. The molecular formula is C10H12N2OS. The standard InChI is InChI=1S/C10H12N2OS/c1-7(13-3)9-6-8(14-11)4-5-10(9)12-2/h4-6H,1-2,11H2,3H3. The van der Waals surface area contributed by atoms with Gasteiger partial charge in [-0.1, -0.05) is 6.58 Å². The molecule has 0 saturated carbocycles. The second-order valence-electron chi connectivity index (χ2n) is 2.58. The fraction of sp³-hybridized carbons (Fsp3) is 0.100. The molecule has 0 aliphatic carbocycles. The molecule has 0 unspecified atom stereocenters. The van der Waals surface area contributed by atoms with Crippen LogP contribution in [0.3, 0.4) is 0 Å². The van der Waals surface area contributed by atoms with Crippen molar-refractivity contribution in [3.63, 3.8) is 0 Å². The third kappa shape index (κ3) is 2.16. The Morgan fingerprint density at radius 2 is 2.29 bits per heavy atom. The molecular weight excluding hydrogens is 196 g/mol. The average Bonchev–Trinajstić information content (AvgIpc) is 2.27. The van der Waals surface area contributed by atoms with E-state index < -0.39 is 0 Å². The predicted octanol–water partition coefficient (Wildman–Crippen LogP) is 2.60. The monoisotopic (exact) mass is 208 g/mol. The van der Waals surface area contributed by atoms with Crippen molar-refractivity contribution in [2.24, 2.45) is 10.1 Å². The molecule has 0 saturated heterocycles. The van der Waals surface area contributed by atoms with E-state index in [2.05, 4.69) is 18.3 Å². The van der Waals surface area contributed by atoms with Crippen LogP contribution in [0.15, 0.2) is 34.7 Å². The van der Waals surface area contributed by atoms with Crippen molar-refractivity contribution in [3.8, 4) is 0 Å². The van der Waals surface area contributed by atoms with Crippen molar-refractivity contribution >= 4 is 30.1 Å². The molecule has 0 fully saturated rings. The van der Waals surface area contributed by atoms with E-state index in [1.54, 1.807) is 7.11 Å². The number of nitrogens with zero attached hydrogens (tertiary/aromatic N) is 1. The fourth-order valence-electron chi connectivity index (χ4n) is 1.06. The number of ether oxygens (including phenoxy) is 1. The lowest BCUT2D eigenvalue weighted by Crippen LogP contribution is -1.88.